The van der Waals surface area contributed by atoms with Gasteiger partial charge in [-0.15, -0.1) is 11.3 Å². The Labute approximate surface area is 136 Å². The molecule has 1 N–H and O–H groups in total. The molecule has 1 aromatic carbocycles. The number of rotatable bonds is 6. The highest BCUT2D eigenvalue weighted by Gasteiger charge is 2.17. The van der Waals surface area contributed by atoms with Crippen molar-refractivity contribution in [3.05, 3.63) is 55.4 Å². The van der Waals surface area contributed by atoms with Crippen LogP contribution in [0.25, 0.3) is 0 Å². The average molecular weight is 377 g/mol. The van der Waals surface area contributed by atoms with E-state index in [1.165, 1.54) is 10.9 Å². The van der Waals surface area contributed by atoms with Crippen LogP contribution in [0, 0.1) is 5.82 Å². The number of hydrogen-bond donors (Lipinski definition) is 1. The van der Waals surface area contributed by atoms with E-state index in [1.54, 1.807) is 23.5 Å². The van der Waals surface area contributed by atoms with E-state index in [2.05, 4.69) is 28.2 Å². The molecule has 1 atom stereocenters. The Hall–Kier alpha value is -0.420. The monoisotopic (exact) mass is 375 g/mol. The van der Waals surface area contributed by atoms with Gasteiger partial charge in [0.2, 0.25) is 0 Å². The molecule has 1 aromatic heterocycles. The van der Waals surface area contributed by atoms with Gasteiger partial charge in [-0.2, -0.15) is 0 Å². The fraction of sp³-hybridized carbons (Fsp3) is 0.333. The molecule has 1 nitrogen and oxygen atoms in total. The molecular weight excluding hydrogens is 361 g/mol. The molecule has 0 aliphatic carbocycles. The first-order valence-electron chi connectivity index (χ1n) is 6.52. The highest BCUT2D eigenvalue weighted by Crippen LogP contribution is 2.32. The maximum atomic E-state index is 14.0. The van der Waals surface area contributed by atoms with Gasteiger partial charge in [-0.25, -0.2) is 4.39 Å². The van der Waals surface area contributed by atoms with Gasteiger partial charge in [0.25, 0.3) is 0 Å². The smallest absolute Gasteiger partial charge is 0.127 e. The Morgan fingerprint density at radius 1 is 1.40 bits per heavy atom. The van der Waals surface area contributed by atoms with Crippen LogP contribution in [0.3, 0.4) is 0 Å². The molecule has 20 heavy (non-hydrogen) atoms. The third-order valence-electron chi connectivity index (χ3n) is 3.04. The lowest BCUT2D eigenvalue weighted by molar-refractivity contribution is 0.518. The Morgan fingerprint density at radius 2 is 2.20 bits per heavy atom. The molecule has 0 bridgehead atoms. The molecule has 0 amide bonds. The molecular formula is C15H16BrClFNS. The van der Waals surface area contributed by atoms with Gasteiger partial charge in [-0.3, -0.25) is 0 Å². The summed E-state index contributed by atoms with van der Waals surface area (Å²) in [6.07, 6.45) is 1.66. The van der Waals surface area contributed by atoms with Gasteiger partial charge in [-0.05, 0) is 64.5 Å². The minimum Gasteiger partial charge on any atom is -0.309 e. The third kappa shape index (κ3) is 4.04. The molecule has 0 radical (unpaired) electrons. The quantitative estimate of drug-likeness (QED) is 0.693. The van der Waals surface area contributed by atoms with Crippen LogP contribution in [0.4, 0.5) is 4.39 Å². The topological polar surface area (TPSA) is 12.0 Å². The lowest BCUT2D eigenvalue weighted by atomic mass is 10.0. The van der Waals surface area contributed by atoms with E-state index in [0.29, 0.717) is 17.0 Å². The fourth-order valence-electron chi connectivity index (χ4n) is 2.04. The van der Waals surface area contributed by atoms with Gasteiger partial charge in [0, 0.05) is 20.4 Å². The second-order valence-electron chi connectivity index (χ2n) is 4.58. The van der Waals surface area contributed by atoms with Crippen LogP contribution in [-0.2, 0) is 6.42 Å². The minimum absolute atomic E-state index is 0.111. The number of benzene rings is 1. The second-order valence-corrected chi connectivity index (χ2v) is 6.82. The van der Waals surface area contributed by atoms with Crippen molar-refractivity contribution in [1.82, 2.24) is 5.32 Å². The predicted octanol–water partition coefficient (Wildman–Crippen LogP) is 5.59. The van der Waals surface area contributed by atoms with Crippen molar-refractivity contribution in [3.8, 4) is 0 Å². The largest absolute Gasteiger partial charge is 0.309 e. The van der Waals surface area contributed by atoms with Gasteiger partial charge in [0.15, 0.2) is 0 Å². The van der Waals surface area contributed by atoms with Crippen LogP contribution in [-0.4, -0.2) is 6.54 Å². The molecule has 0 aliphatic heterocycles. The SMILES string of the molecule is CCCNC(Cc1ccc(Cl)cc1F)c1sccc1Br. The normalized spacial score (nSPS) is 12.6. The van der Waals surface area contributed by atoms with Crippen molar-refractivity contribution < 1.29 is 4.39 Å². The second kappa shape index (κ2) is 7.55. The lowest BCUT2D eigenvalue weighted by Crippen LogP contribution is -2.24. The zero-order chi connectivity index (χ0) is 14.5. The maximum Gasteiger partial charge on any atom is 0.127 e. The van der Waals surface area contributed by atoms with Crippen molar-refractivity contribution in [2.24, 2.45) is 0 Å². The van der Waals surface area contributed by atoms with Crippen LogP contribution < -0.4 is 5.32 Å². The molecule has 2 aromatic rings. The molecule has 5 heteroatoms. The first kappa shape index (κ1) is 16.0. The Morgan fingerprint density at radius 3 is 2.80 bits per heavy atom. The van der Waals surface area contributed by atoms with Crippen molar-refractivity contribution in [1.29, 1.82) is 0 Å². The lowest BCUT2D eigenvalue weighted by Gasteiger charge is -2.18. The number of hydrogen-bond acceptors (Lipinski definition) is 2. The predicted molar refractivity (Wildman–Crippen MR) is 88.2 cm³/mol. The minimum atomic E-state index is -0.242. The summed E-state index contributed by atoms with van der Waals surface area (Å²) in [5.74, 6) is -0.242. The van der Waals surface area contributed by atoms with Gasteiger partial charge in [0.1, 0.15) is 5.82 Å². The highest BCUT2D eigenvalue weighted by atomic mass is 79.9. The molecule has 2 rings (SSSR count). The summed E-state index contributed by atoms with van der Waals surface area (Å²) in [4.78, 5) is 1.20. The van der Waals surface area contributed by atoms with E-state index in [1.807, 2.05) is 11.4 Å². The van der Waals surface area contributed by atoms with E-state index in [-0.39, 0.29) is 11.9 Å². The Bertz CT molecular complexity index is 573. The molecule has 108 valence electrons. The molecule has 0 aliphatic rings. The first-order valence-corrected chi connectivity index (χ1v) is 8.57. The van der Waals surface area contributed by atoms with Crippen LogP contribution in [0.2, 0.25) is 5.02 Å². The van der Waals surface area contributed by atoms with E-state index in [0.717, 1.165) is 17.4 Å². The van der Waals surface area contributed by atoms with Gasteiger partial charge < -0.3 is 5.32 Å². The summed E-state index contributed by atoms with van der Waals surface area (Å²) in [7, 11) is 0. The van der Waals surface area contributed by atoms with Gasteiger partial charge in [0.05, 0.1) is 0 Å². The van der Waals surface area contributed by atoms with Gasteiger partial charge >= 0.3 is 0 Å². The van der Waals surface area contributed by atoms with Gasteiger partial charge in [-0.1, -0.05) is 24.6 Å². The highest BCUT2D eigenvalue weighted by molar-refractivity contribution is 9.10. The Balaban J connectivity index is 2.21. The zero-order valence-corrected chi connectivity index (χ0v) is 14.3. The van der Waals surface area contributed by atoms with Crippen LogP contribution in [0.1, 0.15) is 29.8 Å². The van der Waals surface area contributed by atoms with E-state index in [4.69, 9.17) is 11.6 Å². The number of halogens is 3. The molecule has 0 fully saturated rings. The Kier molecular flexibility index (Phi) is 6.02. The standard InChI is InChI=1S/C15H16BrClFNS/c1-2-6-19-14(15-12(16)5-7-20-15)8-10-3-4-11(17)9-13(10)18/h3-5,7,9,14,19H,2,6,8H2,1H3. The van der Waals surface area contributed by atoms with Crippen molar-refractivity contribution in [3.63, 3.8) is 0 Å². The van der Waals surface area contributed by atoms with Crippen LogP contribution in [0.15, 0.2) is 34.1 Å². The third-order valence-corrected chi connectivity index (χ3v) is 5.26. The summed E-state index contributed by atoms with van der Waals surface area (Å²) in [6, 6.07) is 7.01. The summed E-state index contributed by atoms with van der Waals surface area (Å²) < 4.78 is 15.0. The number of nitrogens with one attached hydrogen (secondary N) is 1. The number of thiophene rings is 1. The van der Waals surface area contributed by atoms with E-state index in [9.17, 15) is 4.39 Å². The maximum absolute atomic E-state index is 14.0. The molecule has 0 spiro atoms. The van der Waals surface area contributed by atoms with Crippen molar-refractivity contribution >= 4 is 38.9 Å². The summed E-state index contributed by atoms with van der Waals surface area (Å²) >= 11 is 11.0. The molecule has 1 unspecified atom stereocenters. The summed E-state index contributed by atoms with van der Waals surface area (Å²) in [5.41, 5.74) is 0.684. The fourth-order valence-corrected chi connectivity index (χ4v) is 3.92. The zero-order valence-electron chi connectivity index (χ0n) is 11.1. The average Bonchev–Trinajstić information content (AvgIpc) is 2.83. The molecule has 0 saturated carbocycles. The molecule has 1 heterocycles. The van der Waals surface area contributed by atoms with Crippen molar-refractivity contribution in [2.45, 2.75) is 25.8 Å². The van der Waals surface area contributed by atoms with E-state index >= 15 is 0 Å². The van der Waals surface area contributed by atoms with Crippen LogP contribution >= 0.6 is 38.9 Å². The summed E-state index contributed by atoms with van der Waals surface area (Å²) in [5, 5.41) is 5.96. The first-order chi connectivity index (χ1) is 9.61. The van der Waals surface area contributed by atoms with E-state index < -0.39 is 0 Å². The van der Waals surface area contributed by atoms with Crippen LogP contribution in [0.5, 0.6) is 0 Å². The summed E-state index contributed by atoms with van der Waals surface area (Å²) in [6.45, 7) is 3.03. The van der Waals surface area contributed by atoms with Crippen molar-refractivity contribution in [2.75, 3.05) is 6.54 Å². The molecule has 0 saturated heterocycles.